The van der Waals surface area contributed by atoms with E-state index in [9.17, 15) is 9.59 Å². The zero-order valence-electron chi connectivity index (χ0n) is 20.0. The van der Waals surface area contributed by atoms with Gasteiger partial charge in [-0.05, 0) is 57.4 Å². The Bertz CT molecular complexity index is 716. The predicted octanol–water partition coefficient (Wildman–Crippen LogP) is 6.01. The molecule has 0 fully saturated rings. The van der Waals surface area contributed by atoms with Gasteiger partial charge in [0.2, 0.25) is 0 Å². The maximum atomic E-state index is 12.5. The van der Waals surface area contributed by atoms with E-state index in [0.29, 0.717) is 13.2 Å². The highest BCUT2D eigenvalue weighted by atomic mass is 127. The number of hydrogen-bond acceptors (Lipinski definition) is 5. The molecule has 1 aromatic carbocycles. The van der Waals surface area contributed by atoms with Crippen LogP contribution in [0.3, 0.4) is 0 Å². The standard InChI is InChI=1S/C24H38I2N2O4/c1-6-7-14-31-22(29)15-19(17-27-23(30)32-24(3,4)5)21-16-20(9-8-18(21)2)28(12-10-25)13-11-26/h8-9,16,19H,6-7,10-15,17H2,1-5H3,(H,27,30). The highest BCUT2D eigenvalue weighted by Crippen LogP contribution is 2.28. The molecule has 0 heterocycles. The van der Waals surface area contributed by atoms with Gasteiger partial charge < -0.3 is 19.7 Å². The van der Waals surface area contributed by atoms with Crippen LogP contribution >= 0.6 is 45.2 Å². The van der Waals surface area contributed by atoms with Crippen molar-refractivity contribution in [1.29, 1.82) is 0 Å². The first-order valence-electron chi connectivity index (χ1n) is 11.2. The molecule has 0 radical (unpaired) electrons. The van der Waals surface area contributed by atoms with Crippen LogP contribution in [0.4, 0.5) is 10.5 Å². The number of ether oxygens (including phenoxy) is 2. The molecular formula is C24H38I2N2O4. The first-order chi connectivity index (χ1) is 15.1. The van der Waals surface area contributed by atoms with Crippen LogP contribution < -0.4 is 10.2 Å². The number of alkyl carbamates (subject to hydrolysis) is 1. The summed E-state index contributed by atoms with van der Waals surface area (Å²) in [5.41, 5.74) is 2.71. The number of esters is 1. The third-order valence-corrected chi connectivity index (χ3v) is 5.81. The van der Waals surface area contributed by atoms with Crippen molar-refractivity contribution >= 4 is 62.9 Å². The fourth-order valence-corrected chi connectivity index (χ4v) is 4.41. The van der Waals surface area contributed by atoms with Gasteiger partial charge in [0.25, 0.3) is 0 Å². The Morgan fingerprint density at radius 3 is 2.38 bits per heavy atom. The Balaban J connectivity index is 3.11. The van der Waals surface area contributed by atoms with E-state index in [1.54, 1.807) is 0 Å². The number of aryl methyl sites for hydroxylation is 1. The molecule has 0 saturated heterocycles. The second-order valence-electron chi connectivity index (χ2n) is 8.76. The molecule has 0 aromatic heterocycles. The minimum atomic E-state index is -0.576. The van der Waals surface area contributed by atoms with Crippen LogP contribution in [0.25, 0.3) is 0 Å². The quantitative estimate of drug-likeness (QED) is 0.120. The number of anilines is 1. The summed E-state index contributed by atoms with van der Waals surface area (Å²) in [7, 11) is 0. The smallest absolute Gasteiger partial charge is 0.407 e. The number of rotatable bonds is 13. The van der Waals surface area contributed by atoms with Gasteiger partial charge in [-0.1, -0.05) is 64.6 Å². The first-order valence-corrected chi connectivity index (χ1v) is 14.3. The largest absolute Gasteiger partial charge is 0.466 e. The fourth-order valence-electron chi connectivity index (χ4n) is 3.24. The molecular weight excluding hydrogens is 634 g/mol. The molecule has 32 heavy (non-hydrogen) atoms. The van der Waals surface area contributed by atoms with E-state index in [4.69, 9.17) is 9.47 Å². The lowest BCUT2D eigenvalue weighted by atomic mass is 9.91. The van der Waals surface area contributed by atoms with E-state index in [2.05, 4.69) is 80.5 Å². The van der Waals surface area contributed by atoms with E-state index >= 15 is 0 Å². The second-order valence-corrected chi connectivity index (χ2v) is 10.9. The fraction of sp³-hybridized carbons (Fsp3) is 0.667. The number of unbranched alkanes of at least 4 members (excludes halogenated alkanes) is 1. The van der Waals surface area contributed by atoms with Gasteiger partial charge in [0, 0.05) is 40.1 Å². The number of benzene rings is 1. The number of amides is 1. The van der Waals surface area contributed by atoms with Crippen LogP contribution in [0.5, 0.6) is 0 Å². The normalized spacial score (nSPS) is 12.2. The van der Waals surface area contributed by atoms with Crippen molar-refractivity contribution in [2.75, 3.05) is 40.0 Å². The van der Waals surface area contributed by atoms with E-state index in [-0.39, 0.29) is 18.3 Å². The van der Waals surface area contributed by atoms with Gasteiger partial charge in [0.1, 0.15) is 5.60 Å². The minimum Gasteiger partial charge on any atom is -0.466 e. The van der Waals surface area contributed by atoms with Crippen LogP contribution in [0.15, 0.2) is 18.2 Å². The number of carbonyl (C=O) groups is 2. The van der Waals surface area contributed by atoms with Gasteiger partial charge in [-0.2, -0.15) is 0 Å². The van der Waals surface area contributed by atoms with Crippen LogP contribution in [0.1, 0.15) is 64.0 Å². The maximum Gasteiger partial charge on any atom is 0.407 e. The lowest BCUT2D eigenvalue weighted by Gasteiger charge is -2.27. The van der Waals surface area contributed by atoms with Gasteiger partial charge in [-0.15, -0.1) is 0 Å². The van der Waals surface area contributed by atoms with Crippen molar-refractivity contribution in [3.05, 3.63) is 29.3 Å². The Labute approximate surface area is 220 Å². The summed E-state index contributed by atoms with van der Waals surface area (Å²) >= 11 is 4.79. The van der Waals surface area contributed by atoms with Crippen molar-refractivity contribution in [3.63, 3.8) is 0 Å². The maximum absolute atomic E-state index is 12.5. The molecule has 1 amide bonds. The molecule has 0 spiro atoms. The molecule has 1 N–H and O–H groups in total. The van der Waals surface area contributed by atoms with Crippen LogP contribution in [-0.4, -0.2) is 52.8 Å². The molecule has 0 bridgehead atoms. The first kappa shape index (κ1) is 29.3. The van der Waals surface area contributed by atoms with E-state index in [1.807, 2.05) is 27.7 Å². The number of nitrogens with zero attached hydrogens (tertiary/aromatic N) is 1. The molecule has 0 aliphatic rings. The third-order valence-electron chi connectivity index (χ3n) is 4.84. The summed E-state index contributed by atoms with van der Waals surface area (Å²) in [6.07, 6.45) is 1.55. The van der Waals surface area contributed by atoms with E-state index in [0.717, 1.165) is 51.6 Å². The minimum absolute atomic E-state index is 0.197. The average Bonchev–Trinajstić information content (AvgIpc) is 2.70. The molecule has 1 atom stereocenters. The van der Waals surface area contributed by atoms with Gasteiger partial charge >= 0.3 is 12.1 Å². The van der Waals surface area contributed by atoms with Gasteiger partial charge in [-0.25, -0.2) is 4.79 Å². The zero-order valence-corrected chi connectivity index (χ0v) is 24.3. The zero-order chi connectivity index (χ0) is 24.1. The summed E-state index contributed by atoms with van der Waals surface area (Å²) < 4.78 is 12.9. The highest BCUT2D eigenvalue weighted by Gasteiger charge is 2.23. The Morgan fingerprint density at radius 2 is 1.81 bits per heavy atom. The lowest BCUT2D eigenvalue weighted by molar-refractivity contribution is -0.144. The third kappa shape index (κ3) is 11.4. The summed E-state index contributed by atoms with van der Waals surface area (Å²) in [6, 6.07) is 6.39. The van der Waals surface area contributed by atoms with Crippen LogP contribution in [-0.2, 0) is 14.3 Å². The summed E-state index contributed by atoms with van der Waals surface area (Å²) in [5, 5.41) is 2.85. The Morgan fingerprint density at radius 1 is 1.16 bits per heavy atom. The van der Waals surface area contributed by atoms with E-state index < -0.39 is 11.7 Å². The Kier molecular flexibility index (Phi) is 13.9. The lowest BCUT2D eigenvalue weighted by Crippen LogP contribution is -2.35. The number of alkyl halides is 2. The monoisotopic (exact) mass is 672 g/mol. The molecule has 0 saturated carbocycles. The van der Waals surface area contributed by atoms with E-state index in [1.165, 1.54) is 0 Å². The summed E-state index contributed by atoms with van der Waals surface area (Å²) in [6.45, 7) is 12.3. The van der Waals surface area contributed by atoms with Crippen molar-refractivity contribution in [1.82, 2.24) is 5.32 Å². The molecule has 0 aliphatic heterocycles. The van der Waals surface area contributed by atoms with Crippen molar-refractivity contribution in [3.8, 4) is 0 Å². The molecule has 1 rings (SSSR count). The average molecular weight is 672 g/mol. The Hall–Kier alpha value is -0.780. The van der Waals surface area contributed by atoms with Crippen LogP contribution in [0.2, 0.25) is 0 Å². The van der Waals surface area contributed by atoms with Crippen LogP contribution in [0, 0.1) is 6.92 Å². The summed E-state index contributed by atoms with van der Waals surface area (Å²) in [5.74, 6) is -0.437. The van der Waals surface area contributed by atoms with Gasteiger partial charge in [0.05, 0.1) is 13.0 Å². The molecule has 8 heteroatoms. The number of hydrogen-bond donors (Lipinski definition) is 1. The van der Waals surface area contributed by atoms with Gasteiger partial charge in [-0.3, -0.25) is 4.79 Å². The number of carbonyl (C=O) groups excluding carboxylic acids is 2. The van der Waals surface area contributed by atoms with Gasteiger partial charge in [0.15, 0.2) is 0 Å². The number of halogens is 2. The topological polar surface area (TPSA) is 67.9 Å². The number of nitrogens with one attached hydrogen (secondary N) is 1. The molecule has 182 valence electrons. The molecule has 1 unspecified atom stereocenters. The molecule has 6 nitrogen and oxygen atoms in total. The highest BCUT2D eigenvalue weighted by molar-refractivity contribution is 14.1. The van der Waals surface area contributed by atoms with Crippen molar-refractivity contribution in [2.24, 2.45) is 0 Å². The van der Waals surface area contributed by atoms with Crippen molar-refractivity contribution in [2.45, 2.75) is 65.4 Å². The summed E-state index contributed by atoms with van der Waals surface area (Å²) in [4.78, 5) is 27.2. The second kappa shape index (κ2) is 15.2. The molecule has 1 aromatic rings. The predicted molar refractivity (Wildman–Crippen MR) is 149 cm³/mol. The molecule has 0 aliphatic carbocycles. The van der Waals surface area contributed by atoms with Crippen molar-refractivity contribution < 1.29 is 19.1 Å². The SMILES string of the molecule is CCCCOC(=O)CC(CNC(=O)OC(C)(C)C)c1cc(N(CCI)CCI)ccc1C.